The van der Waals surface area contributed by atoms with Gasteiger partial charge in [-0.1, -0.05) is 13.0 Å². The molecule has 2 aromatic carbocycles. The number of carbonyl (C=O) groups excluding carboxylic acids is 1. The van der Waals surface area contributed by atoms with Crippen LogP contribution in [0.2, 0.25) is 0 Å². The van der Waals surface area contributed by atoms with E-state index in [1.54, 1.807) is 36.4 Å². The van der Waals surface area contributed by atoms with E-state index in [2.05, 4.69) is 20.2 Å². The molecule has 0 amide bonds. The molecular formula is C19H22N4O4S. The van der Waals surface area contributed by atoms with Gasteiger partial charge in [-0.05, 0) is 42.8 Å². The Balaban J connectivity index is 1.75. The van der Waals surface area contributed by atoms with Crippen LogP contribution in [-0.2, 0) is 21.3 Å². The summed E-state index contributed by atoms with van der Waals surface area (Å²) >= 11 is 0. The lowest BCUT2D eigenvalue weighted by Crippen LogP contribution is -2.16. The van der Waals surface area contributed by atoms with Gasteiger partial charge < -0.3 is 10.1 Å². The number of fused-ring (bicyclic) bond motifs is 1. The highest BCUT2D eigenvalue weighted by Crippen LogP contribution is 2.21. The van der Waals surface area contributed by atoms with Gasteiger partial charge in [-0.3, -0.25) is 9.82 Å². The highest BCUT2D eigenvalue weighted by Gasteiger charge is 2.12. The van der Waals surface area contributed by atoms with Crippen LogP contribution in [-0.4, -0.2) is 37.4 Å². The Labute approximate surface area is 163 Å². The Morgan fingerprint density at radius 3 is 2.71 bits per heavy atom. The molecule has 0 bridgehead atoms. The fourth-order valence-corrected chi connectivity index (χ4v) is 3.95. The number of aromatic nitrogens is 2. The summed E-state index contributed by atoms with van der Waals surface area (Å²) in [5, 5.41) is 11.2. The zero-order chi connectivity index (χ0) is 20.1. The Hall–Kier alpha value is -3.07. The normalized spacial score (nSPS) is 11.4. The number of H-pyrrole nitrogens is 1. The van der Waals surface area contributed by atoms with Gasteiger partial charge in [0.2, 0.25) is 10.0 Å². The second kappa shape index (κ2) is 8.30. The molecule has 0 aliphatic heterocycles. The molecule has 0 unspecified atom stereocenters. The summed E-state index contributed by atoms with van der Waals surface area (Å²) in [6.07, 6.45) is 0.549. The number of ether oxygens (including phenoxy) is 1. The van der Waals surface area contributed by atoms with Crippen molar-refractivity contribution in [3.05, 3.63) is 53.7 Å². The molecule has 0 atom stereocenters. The van der Waals surface area contributed by atoms with Crippen molar-refractivity contribution < 1.29 is 17.9 Å². The predicted octanol–water partition coefficient (Wildman–Crippen LogP) is 3.11. The van der Waals surface area contributed by atoms with Gasteiger partial charge in [0.05, 0.1) is 41.9 Å². The van der Waals surface area contributed by atoms with Gasteiger partial charge in [-0.2, -0.15) is 5.10 Å². The van der Waals surface area contributed by atoms with Crippen LogP contribution in [0.5, 0.6) is 0 Å². The molecule has 3 aromatic rings. The number of aromatic amines is 1. The van der Waals surface area contributed by atoms with E-state index in [-0.39, 0.29) is 5.75 Å². The lowest BCUT2D eigenvalue weighted by Gasteiger charge is -2.10. The van der Waals surface area contributed by atoms with E-state index in [0.717, 1.165) is 22.3 Å². The summed E-state index contributed by atoms with van der Waals surface area (Å²) in [4.78, 5) is 11.7. The molecule has 3 N–H and O–H groups in total. The van der Waals surface area contributed by atoms with Crippen molar-refractivity contribution >= 4 is 38.3 Å². The summed E-state index contributed by atoms with van der Waals surface area (Å²) in [7, 11) is -2.00. The number of nitrogens with one attached hydrogen (secondary N) is 3. The SMILES string of the molecule is CCCS(=O)(=O)Nc1cccc(NCc2[nH]nc3ccc(C(=O)OC)cc23)c1. The van der Waals surface area contributed by atoms with E-state index >= 15 is 0 Å². The minimum absolute atomic E-state index is 0.0767. The Morgan fingerprint density at radius 1 is 1.18 bits per heavy atom. The van der Waals surface area contributed by atoms with Crippen molar-refractivity contribution in [1.29, 1.82) is 0 Å². The van der Waals surface area contributed by atoms with Crippen LogP contribution in [0.25, 0.3) is 10.9 Å². The Morgan fingerprint density at radius 2 is 1.96 bits per heavy atom. The van der Waals surface area contributed by atoms with E-state index < -0.39 is 16.0 Å². The van der Waals surface area contributed by atoms with Crippen molar-refractivity contribution in [2.75, 3.05) is 22.9 Å². The second-order valence-electron chi connectivity index (χ2n) is 6.28. The molecule has 1 aromatic heterocycles. The molecule has 0 fully saturated rings. The number of carbonyl (C=O) groups is 1. The topological polar surface area (TPSA) is 113 Å². The average molecular weight is 402 g/mol. The fraction of sp³-hybridized carbons (Fsp3) is 0.263. The summed E-state index contributed by atoms with van der Waals surface area (Å²) in [6.45, 7) is 2.24. The van der Waals surface area contributed by atoms with E-state index in [0.29, 0.717) is 24.2 Å². The highest BCUT2D eigenvalue weighted by atomic mass is 32.2. The molecule has 0 aliphatic rings. The van der Waals surface area contributed by atoms with Gasteiger partial charge in [0.25, 0.3) is 0 Å². The Bertz CT molecular complexity index is 1090. The monoisotopic (exact) mass is 402 g/mol. The number of hydrogen-bond acceptors (Lipinski definition) is 6. The molecule has 28 heavy (non-hydrogen) atoms. The molecule has 0 radical (unpaired) electrons. The maximum Gasteiger partial charge on any atom is 0.337 e. The van der Waals surface area contributed by atoms with Crippen LogP contribution >= 0.6 is 0 Å². The summed E-state index contributed by atoms with van der Waals surface area (Å²) in [5.74, 6) is -0.332. The third kappa shape index (κ3) is 4.61. The number of hydrogen-bond donors (Lipinski definition) is 3. The van der Waals surface area contributed by atoms with Crippen LogP contribution in [0.3, 0.4) is 0 Å². The zero-order valence-corrected chi connectivity index (χ0v) is 16.5. The van der Waals surface area contributed by atoms with Gasteiger partial charge in [-0.25, -0.2) is 13.2 Å². The van der Waals surface area contributed by atoms with Crippen LogP contribution in [0.1, 0.15) is 29.4 Å². The predicted molar refractivity (Wildman–Crippen MR) is 109 cm³/mol. The maximum absolute atomic E-state index is 11.9. The molecule has 148 valence electrons. The summed E-state index contributed by atoms with van der Waals surface area (Å²) in [6, 6.07) is 12.2. The van der Waals surface area contributed by atoms with Crippen LogP contribution in [0.15, 0.2) is 42.5 Å². The van der Waals surface area contributed by atoms with Crippen molar-refractivity contribution in [2.45, 2.75) is 19.9 Å². The van der Waals surface area contributed by atoms with Crippen LogP contribution in [0.4, 0.5) is 11.4 Å². The summed E-state index contributed by atoms with van der Waals surface area (Å²) in [5.41, 5.74) is 3.25. The quantitative estimate of drug-likeness (QED) is 0.499. The molecule has 0 spiro atoms. The largest absolute Gasteiger partial charge is 0.465 e. The first-order valence-corrected chi connectivity index (χ1v) is 10.5. The number of methoxy groups -OCH3 is 1. The minimum Gasteiger partial charge on any atom is -0.465 e. The molecule has 9 heteroatoms. The molecule has 0 aliphatic carbocycles. The fourth-order valence-electron chi connectivity index (χ4n) is 2.83. The van der Waals surface area contributed by atoms with Crippen molar-refractivity contribution in [1.82, 2.24) is 10.2 Å². The van der Waals surface area contributed by atoms with Crippen LogP contribution < -0.4 is 10.0 Å². The molecule has 3 rings (SSSR count). The van der Waals surface area contributed by atoms with Gasteiger partial charge in [0.15, 0.2) is 0 Å². The molecule has 0 saturated heterocycles. The van der Waals surface area contributed by atoms with Crippen molar-refractivity contribution in [2.24, 2.45) is 0 Å². The van der Waals surface area contributed by atoms with Gasteiger partial charge in [0.1, 0.15) is 0 Å². The third-order valence-corrected chi connectivity index (χ3v) is 5.62. The maximum atomic E-state index is 11.9. The second-order valence-corrected chi connectivity index (χ2v) is 8.12. The van der Waals surface area contributed by atoms with Crippen LogP contribution in [0, 0.1) is 0 Å². The smallest absolute Gasteiger partial charge is 0.337 e. The molecule has 0 saturated carbocycles. The highest BCUT2D eigenvalue weighted by molar-refractivity contribution is 7.92. The number of sulfonamides is 1. The lowest BCUT2D eigenvalue weighted by atomic mass is 10.1. The molecule has 1 heterocycles. The van der Waals surface area contributed by atoms with Crippen molar-refractivity contribution in [3.8, 4) is 0 Å². The minimum atomic E-state index is -3.34. The average Bonchev–Trinajstić information content (AvgIpc) is 3.07. The van der Waals surface area contributed by atoms with Crippen molar-refractivity contribution in [3.63, 3.8) is 0 Å². The standard InChI is InChI=1S/C19H22N4O4S/c1-3-9-28(25,26)23-15-6-4-5-14(11-15)20-12-18-16-10-13(19(24)27-2)7-8-17(16)21-22-18/h4-8,10-11,20,23H,3,9,12H2,1-2H3,(H,21,22). The first-order valence-electron chi connectivity index (χ1n) is 8.81. The number of nitrogens with zero attached hydrogens (tertiary/aromatic N) is 1. The van der Waals surface area contributed by atoms with E-state index in [4.69, 9.17) is 4.74 Å². The van der Waals surface area contributed by atoms with E-state index in [1.165, 1.54) is 7.11 Å². The number of benzene rings is 2. The van der Waals surface area contributed by atoms with E-state index in [9.17, 15) is 13.2 Å². The zero-order valence-electron chi connectivity index (χ0n) is 15.7. The van der Waals surface area contributed by atoms with Gasteiger partial charge >= 0.3 is 5.97 Å². The molecular weight excluding hydrogens is 380 g/mol. The van der Waals surface area contributed by atoms with E-state index in [1.807, 2.05) is 13.0 Å². The molecule has 8 nitrogen and oxygen atoms in total. The number of anilines is 2. The Kier molecular flexibility index (Phi) is 5.84. The summed E-state index contributed by atoms with van der Waals surface area (Å²) < 4.78 is 31.2. The van der Waals surface area contributed by atoms with Gasteiger partial charge in [-0.15, -0.1) is 0 Å². The number of rotatable bonds is 8. The van der Waals surface area contributed by atoms with Gasteiger partial charge in [0, 0.05) is 11.1 Å². The first kappa shape index (κ1) is 19.7. The first-order chi connectivity index (χ1) is 13.4. The lowest BCUT2D eigenvalue weighted by molar-refractivity contribution is 0.0601. The number of esters is 1. The third-order valence-electron chi connectivity index (χ3n) is 4.13.